The predicted molar refractivity (Wildman–Crippen MR) is 177 cm³/mol. The van der Waals surface area contributed by atoms with Gasteiger partial charge < -0.3 is 10.0 Å². The van der Waals surface area contributed by atoms with Crippen molar-refractivity contribution in [2.75, 3.05) is 0 Å². The normalized spacial score (nSPS) is 12.0. The number of rotatable bonds is 6. The molecule has 2 nitrogen and oxygen atoms in total. The van der Waals surface area contributed by atoms with Crippen LogP contribution in [0.25, 0.3) is 32.7 Å². The summed E-state index contributed by atoms with van der Waals surface area (Å²) in [7, 11) is -3.54. The van der Waals surface area contributed by atoms with Gasteiger partial charge in [-0.15, -0.1) is 10.0 Å². The molecule has 7 aromatic rings. The van der Waals surface area contributed by atoms with Gasteiger partial charge in [0.05, 0.1) is 0 Å². The highest BCUT2D eigenvalue weighted by Crippen LogP contribution is 2.75. The molecule has 0 aromatic heterocycles. The summed E-state index contributed by atoms with van der Waals surface area (Å²) in [5, 5.41) is 24.8. The number of hydrogen-bond donors (Lipinski definition) is 2. The third-order valence-electron chi connectivity index (χ3n) is 8.01. The van der Waals surface area contributed by atoms with E-state index in [1.54, 1.807) is 0 Å². The summed E-state index contributed by atoms with van der Waals surface area (Å²) in [6, 6.07) is 57.5. The smallest absolute Gasteiger partial charge is 0.423 e. The highest BCUT2D eigenvalue weighted by Gasteiger charge is 2.36. The average molecular weight is 561 g/mol. The van der Waals surface area contributed by atoms with Crippen LogP contribution >= 0.6 is 10.0 Å². The van der Waals surface area contributed by atoms with Gasteiger partial charge in [-0.3, -0.25) is 0 Å². The van der Waals surface area contributed by atoms with E-state index in [2.05, 4.69) is 127 Å². The molecule has 0 saturated heterocycles. The van der Waals surface area contributed by atoms with Crippen LogP contribution in [-0.2, 0) is 0 Å². The fourth-order valence-corrected chi connectivity index (χ4v) is 10.4. The van der Waals surface area contributed by atoms with Crippen molar-refractivity contribution >= 4 is 44.2 Å². The Morgan fingerprint density at radius 2 is 0.738 bits per heavy atom. The maximum Gasteiger partial charge on any atom is 0.489 e. The quantitative estimate of drug-likeness (QED) is 0.158. The SMILES string of the molecule is OB(O)c1c2ccccc2c(-c2ccccc2S(c2ccccc2)(c2ccccc2)c2ccccc2)c2ccccc12. The summed E-state index contributed by atoms with van der Waals surface area (Å²) in [6.45, 7) is 0. The molecule has 0 aliphatic heterocycles. The molecule has 0 radical (unpaired) electrons. The Morgan fingerprint density at radius 3 is 1.17 bits per heavy atom. The first kappa shape index (κ1) is 26.3. The summed E-state index contributed by atoms with van der Waals surface area (Å²) in [4.78, 5) is 5.00. The zero-order valence-electron chi connectivity index (χ0n) is 23.0. The first-order chi connectivity index (χ1) is 20.7. The fourth-order valence-electron chi connectivity index (χ4n) is 6.33. The van der Waals surface area contributed by atoms with Gasteiger partial charge in [0.15, 0.2) is 0 Å². The highest BCUT2D eigenvalue weighted by molar-refractivity contribution is 8.34. The van der Waals surface area contributed by atoms with Gasteiger partial charge in [0.25, 0.3) is 0 Å². The minimum Gasteiger partial charge on any atom is -0.423 e. The van der Waals surface area contributed by atoms with Crippen LogP contribution in [0.2, 0.25) is 0 Å². The van der Waals surface area contributed by atoms with Gasteiger partial charge in [-0.1, -0.05) is 121 Å². The molecule has 0 unspecified atom stereocenters. The van der Waals surface area contributed by atoms with E-state index in [-0.39, 0.29) is 0 Å². The van der Waals surface area contributed by atoms with Gasteiger partial charge in [-0.2, -0.15) is 0 Å². The Hall–Kier alpha value is -4.61. The molecule has 0 fully saturated rings. The van der Waals surface area contributed by atoms with Crippen LogP contribution in [0, 0.1) is 0 Å². The molecule has 2 N–H and O–H groups in total. The van der Waals surface area contributed by atoms with Crippen molar-refractivity contribution < 1.29 is 10.0 Å². The molecule has 0 aliphatic rings. The predicted octanol–water partition coefficient (Wildman–Crippen LogP) is 8.68. The molecule has 0 heterocycles. The second-order valence-electron chi connectivity index (χ2n) is 10.3. The van der Waals surface area contributed by atoms with Gasteiger partial charge in [0, 0.05) is 19.6 Å². The molecule has 202 valence electrons. The lowest BCUT2D eigenvalue weighted by atomic mass is 9.72. The lowest BCUT2D eigenvalue weighted by molar-refractivity contribution is 0.426. The van der Waals surface area contributed by atoms with Gasteiger partial charge in [-0.05, 0) is 80.6 Å². The summed E-state index contributed by atoms with van der Waals surface area (Å²) in [5.74, 6) is 0. The van der Waals surface area contributed by atoms with Crippen molar-refractivity contribution in [2.45, 2.75) is 19.6 Å². The number of hydrogen-bond acceptors (Lipinski definition) is 2. The Kier molecular flexibility index (Phi) is 6.89. The van der Waals surface area contributed by atoms with E-state index in [4.69, 9.17) is 0 Å². The van der Waals surface area contributed by atoms with Crippen molar-refractivity contribution in [3.05, 3.63) is 164 Å². The second kappa shape index (κ2) is 11.0. The molecular formula is C38H29BO2S. The van der Waals surface area contributed by atoms with E-state index < -0.39 is 17.1 Å². The van der Waals surface area contributed by atoms with E-state index in [1.165, 1.54) is 19.6 Å². The van der Waals surface area contributed by atoms with Gasteiger partial charge >= 0.3 is 7.12 Å². The van der Waals surface area contributed by atoms with Crippen molar-refractivity contribution in [1.29, 1.82) is 0 Å². The highest BCUT2D eigenvalue weighted by atomic mass is 32.3. The number of benzene rings is 7. The summed E-state index contributed by atoms with van der Waals surface area (Å²) >= 11 is 0. The zero-order valence-corrected chi connectivity index (χ0v) is 23.8. The minimum atomic E-state index is -1.95. The summed E-state index contributed by atoms with van der Waals surface area (Å²) < 4.78 is 0. The lowest BCUT2D eigenvalue weighted by Gasteiger charge is -2.43. The largest absolute Gasteiger partial charge is 0.489 e. The Morgan fingerprint density at radius 1 is 0.381 bits per heavy atom. The molecule has 42 heavy (non-hydrogen) atoms. The van der Waals surface area contributed by atoms with E-state index in [9.17, 15) is 10.0 Å². The third-order valence-corrected chi connectivity index (χ3v) is 12.0. The van der Waals surface area contributed by atoms with Crippen molar-refractivity contribution in [3.8, 4) is 11.1 Å². The first-order valence-corrected chi connectivity index (χ1v) is 15.7. The minimum absolute atomic E-state index is 0.537. The topological polar surface area (TPSA) is 40.5 Å². The standard InChI is InChI=1S/C38H29BO2S/c40-39(41)38-33-24-12-10-22-31(33)37(32-23-11-13-25-34(32)38)35-26-14-15-27-36(35)42(28-16-4-1-5-17-28,29-18-6-2-7-19-29)30-20-8-3-9-21-30/h1-27,40-41H. The van der Waals surface area contributed by atoms with Crippen LogP contribution in [0.3, 0.4) is 0 Å². The zero-order chi connectivity index (χ0) is 28.5. The monoisotopic (exact) mass is 560 g/mol. The van der Waals surface area contributed by atoms with Crippen LogP contribution in [0.1, 0.15) is 0 Å². The van der Waals surface area contributed by atoms with Crippen molar-refractivity contribution in [1.82, 2.24) is 0 Å². The van der Waals surface area contributed by atoms with Crippen LogP contribution < -0.4 is 5.46 Å². The van der Waals surface area contributed by atoms with E-state index >= 15 is 0 Å². The van der Waals surface area contributed by atoms with Crippen LogP contribution in [-0.4, -0.2) is 17.2 Å². The molecule has 0 amide bonds. The molecule has 0 saturated carbocycles. The maximum absolute atomic E-state index is 10.6. The molecule has 7 rings (SSSR count). The summed E-state index contributed by atoms with van der Waals surface area (Å²) in [6.07, 6.45) is 0. The molecular weight excluding hydrogens is 531 g/mol. The van der Waals surface area contributed by atoms with E-state index in [0.29, 0.717) is 5.46 Å². The van der Waals surface area contributed by atoms with Gasteiger partial charge in [0.2, 0.25) is 0 Å². The molecule has 0 spiro atoms. The van der Waals surface area contributed by atoms with Gasteiger partial charge in [0.1, 0.15) is 0 Å². The van der Waals surface area contributed by atoms with Gasteiger partial charge in [-0.25, -0.2) is 0 Å². The van der Waals surface area contributed by atoms with Crippen LogP contribution in [0.4, 0.5) is 0 Å². The molecule has 0 atom stereocenters. The second-order valence-corrected chi connectivity index (χ2v) is 13.4. The van der Waals surface area contributed by atoms with Crippen LogP contribution in [0.5, 0.6) is 0 Å². The summed E-state index contributed by atoms with van der Waals surface area (Å²) in [5.41, 5.74) is 2.77. The third kappa shape index (κ3) is 4.15. The molecule has 0 bridgehead atoms. The van der Waals surface area contributed by atoms with E-state index in [0.717, 1.165) is 32.7 Å². The Balaban J connectivity index is 1.69. The van der Waals surface area contributed by atoms with Crippen molar-refractivity contribution in [2.24, 2.45) is 0 Å². The number of fused-ring (bicyclic) bond motifs is 2. The fraction of sp³-hybridized carbons (Fsp3) is 0. The first-order valence-electron chi connectivity index (χ1n) is 14.1. The molecule has 7 aromatic carbocycles. The van der Waals surface area contributed by atoms with Crippen molar-refractivity contribution in [3.63, 3.8) is 0 Å². The maximum atomic E-state index is 10.6. The lowest BCUT2D eigenvalue weighted by Crippen LogP contribution is -2.31. The van der Waals surface area contributed by atoms with E-state index in [1.807, 2.05) is 36.4 Å². The van der Waals surface area contributed by atoms with Crippen LogP contribution in [0.15, 0.2) is 183 Å². The Bertz CT molecular complexity index is 1860. The molecule has 0 aliphatic carbocycles. The molecule has 4 heteroatoms. The Labute approximate surface area is 248 Å². The average Bonchev–Trinajstić information content (AvgIpc) is 3.05.